The molecule has 3 nitrogen and oxygen atoms in total. The van der Waals surface area contributed by atoms with Crippen molar-refractivity contribution in [3.8, 4) is 0 Å². The highest BCUT2D eigenvalue weighted by Crippen LogP contribution is 2.40. The first-order chi connectivity index (χ1) is 10.2. The number of aliphatic hydroxyl groups is 1. The van der Waals surface area contributed by atoms with Crippen LogP contribution >= 0.6 is 0 Å². The molecule has 2 atom stereocenters. The van der Waals surface area contributed by atoms with Crippen molar-refractivity contribution >= 4 is 0 Å². The Kier molecular flexibility index (Phi) is 5.23. The van der Waals surface area contributed by atoms with Gasteiger partial charge in [0.25, 0.3) is 0 Å². The second kappa shape index (κ2) is 6.97. The van der Waals surface area contributed by atoms with E-state index in [1.54, 1.807) is 0 Å². The third-order valence-electron chi connectivity index (χ3n) is 6.34. The molecule has 0 radical (unpaired) electrons. The topological polar surface area (TPSA) is 35.5 Å². The zero-order valence-corrected chi connectivity index (χ0v) is 13.8. The van der Waals surface area contributed by atoms with E-state index in [1.807, 2.05) is 0 Å². The van der Waals surface area contributed by atoms with Gasteiger partial charge in [0.2, 0.25) is 0 Å². The molecule has 0 spiro atoms. The fourth-order valence-corrected chi connectivity index (χ4v) is 4.71. The molecule has 3 aliphatic carbocycles. The van der Waals surface area contributed by atoms with Crippen molar-refractivity contribution in [3.05, 3.63) is 0 Å². The van der Waals surface area contributed by atoms with Crippen LogP contribution in [-0.4, -0.2) is 47.8 Å². The molecule has 0 aliphatic heterocycles. The minimum atomic E-state index is 0.0502. The summed E-state index contributed by atoms with van der Waals surface area (Å²) < 4.78 is 0. The van der Waals surface area contributed by atoms with Gasteiger partial charge in [-0.3, -0.25) is 0 Å². The second-order valence-electron chi connectivity index (χ2n) is 7.88. The molecule has 3 aliphatic rings. The van der Waals surface area contributed by atoms with Crippen LogP contribution in [0.4, 0.5) is 0 Å². The molecular weight excluding hydrogens is 260 g/mol. The van der Waals surface area contributed by atoms with Crippen LogP contribution in [0.5, 0.6) is 0 Å². The lowest BCUT2D eigenvalue weighted by molar-refractivity contribution is 0.103. The molecule has 0 amide bonds. The van der Waals surface area contributed by atoms with E-state index in [2.05, 4.69) is 17.3 Å². The molecular formula is C18H34N2O. The first-order valence-electron chi connectivity index (χ1n) is 9.32. The van der Waals surface area contributed by atoms with Crippen molar-refractivity contribution in [1.29, 1.82) is 0 Å². The molecule has 2 N–H and O–H groups in total. The fraction of sp³-hybridized carbons (Fsp3) is 1.00. The Bertz CT molecular complexity index is 325. The molecule has 2 unspecified atom stereocenters. The summed E-state index contributed by atoms with van der Waals surface area (Å²) in [5, 5.41) is 13.8. The average Bonchev–Trinajstić information content (AvgIpc) is 3.25. The summed E-state index contributed by atoms with van der Waals surface area (Å²) in [6.45, 7) is 1.55. The Morgan fingerprint density at radius 1 is 1.05 bits per heavy atom. The van der Waals surface area contributed by atoms with Gasteiger partial charge in [0.05, 0.1) is 6.61 Å². The molecule has 0 aromatic rings. The van der Waals surface area contributed by atoms with E-state index >= 15 is 0 Å². The van der Waals surface area contributed by atoms with E-state index in [0.29, 0.717) is 18.6 Å². The zero-order chi connectivity index (χ0) is 14.7. The van der Waals surface area contributed by atoms with Gasteiger partial charge in [0.15, 0.2) is 0 Å². The van der Waals surface area contributed by atoms with Gasteiger partial charge < -0.3 is 15.3 Å². The number of hydrogen-bond acceptors (Lipinski definition) is 3. The lowest BCUT2D eigenvalue weighted by Crippen LogP contribution is -2.53. The van der Waals surface area contributed by atoms with Crippen LogP contribution < -0.4 is 5.32 Å². The summed E-state index contributed by atoms with van der Waals surface area (Å²) in [4.78, 5) is 2.61. The smallest absolute Gasteiger partial charge is 0.0616 e. The van der Waals surface area contributed by atoms with E-state index in [0.717, 1.165) is 6.04 Å². The van der Waals surface area contributed by atoms with Crippen LogP contribution in [0.25, 0.3) is 0 Å². The molecule has 0 heterocycles. The van der Waals surface area contributed by atoms with Gasteiger partial charge >= 0.3 is 0 Å². The number of rotatable bonds is 7. The Balaban J connectivity index is 1.50. The standard InChI is InChI=1S/C18H34N2O/c1-20(17-7-3-2-4-8-17)13-11-15-6-5-12-18(15,14-21)19-16-9-10-16/h15-17,19,21H,2-14H2,1H3. The second-order valence-corrected chi connectivity index (χ2v) is 7.88. The number of aliphatic hydroxyl groups excluding tert-OH is 1. The van der Waals surface area contributed by atoms with Crippen LogP contribution in [-0.2, 0) is 0 Å². The lowest BCUT2D eigenvalue weighted by Gasteiger charge is -2.37. The molecule has 0 bridgehead atoms. The van der Waals surface area contributed by atoms with Crippen molar-refractivity contribution in [1.82, 2.24) is 10.2 Å². The van der Waals surface area contributed by atoms with Gasteiger partial charge in [-0.2, -0.15) is 0 Å². The Morgan fingerprint density at radius 3 is 2.48 bits per heavy atom. The quantitative estimate of drug-likeness (QED) is 0.758. The SMILES string of the molecule is CN(CCC1CCCC1(CO)NC1CC1)C1CCCCC1. The fourth-order valence-electron chi connectivity index (χ4n) is 4.71. The number of nitrogens with one attached hydrogen (secondary N) is 1. The van der Waals surface area contributed by atoms with Gasteiger partial charge in [-0.1, -0.05) is 25.7 Å². The molecule has 0 aromatic carbocycles. The highest BCUT2D eigenvalue weighted by molar-refractivity contribution is 5.03. The Hall–Kier alpha value is -0.120. The summed E-state index contributed by atoms with van der Waals surface area (Å²) in [6.07, 6.45) is 14.7. The van der Waals surface area contributed by atoms with Crippen molar-refractivity contribution < 1.29 is 5.11 Å². The average molecular weight is 294 g/mol. The van der Waals surface area contributed by atoms with E-state index in [1.165, 1.54) is 77.2 Å². The Morgan fingerprint density at radius 2 is 1.81 bits per heavy atom. The predicted molar refractivity (Wildman–Crippen MR) is 87.4 cm³/mol. The van der Waals surface area contributed by atoms with Crippen LogP contribution in [0.1, 0.15) is 70.6 Å². The molecule has 3 fully saturated rings. The normalized spacial score (nSPS) is 34.7. The zero-order valence-electron chi connectivity index (χ0n) is 13.8. The molecule has 0 aromatic heterocycles. The first-order valence-corrected chi connectivity index (χ1v) is 9.32. The maximum Gasteiger partial charge on any atom is 0.0616 e. The van der Waals surface area contributed by atoms with Crippen molar-refractivity contribution in [3.63, 3.8) is 0 Å². The lowest BCUT2D eigenvalue weighted by atomic mass is 9.84. The van der Waals surface area contributed by atoms with E-state index < -0.39 is 0 Å². The van der Waals surface area contributed by atoms with Crippen LogP contribution in [0.3, 0.4) is 0 Å². The van der Waals surface area contributed by atoms with Crippen LogP contribution in [0.15, 0.2) is 0 Å². The molecule has 3 rings (SSSR count). The number of hydrogen-bond donors (Lipinski definition) is 2. The summed E-state index contributed by atoms with van der Waals surface area (Å²) >= 11 is 0. The van der Waals surface area contributed by atoms with Crippen molar-refractivity contribution in [2.75, 3.05) is 20.2 Å². The monoisotopic (exact) mass is 294 g/mol. The van der Waals surface area contributed by atoms with Crippen molar-refractivity contribution in [2.24, 2.45) is 5.92 Å². The highest BCUT2D eigenvalue weighted by Gasteiger charge is 2.44. The van der Waals surface area contributed by atoms with Crippen molar-refractivity contribution in [2.45, 2.75) is 88.3 Å². The summed E-state index contributed by atoms with van der Waals surface area (Å²) in [6, 6.07) is 1.52. The molecule has 21 heavy (non-hydrogen) atoms. The minimum absolute atomic E-state index is 0.0502. The molecule has 0 saturated heterocycles. The summed E-state index contributed by atoms with van der Waals surface area (Å²) in [7, 11) is 2.32. The van der Waals surface area contributed by atoms with Gasteiger partial charge in [-0.25, -0.2) is 0 Å². The van der Waals surface area contributed by atoms with E-state index in [9.17, 15) is 5.11 Å². The highest BCUT2D eigenvalue weighted by atomic mass is 16.3. The molecule has 3 saturated carbocycles. The van der Waals surface area contributed by atoms with Gasteiger partial charge in [-0.05, 0) is 64.5 Å². The Labute approximate surface area is 130 Å². The first kappa shape index (κ1) is 15.8. The maximum absolute atomic E-state index is 10.0. The largest absolute Gasteiger partial charge is 0.394 e. The van der Waals surface area contributed by atoms with E-state index in [4.69, 9.17) is 0 Å². The van der Waals surface area contributed by atoms with Gasteiger partial charge in [0, 0.05) is 17.6 Å². The van der Waals surface area contributed by atoms with Crippen LogP contribution in [0.2, 0.25) is 0 Å². The summed E-state index contributed by atoms with van der Waals surface area (Å²) in [5.74, 6) is 0.675. The molecule has 3 heteroatoms. The third kappa shape index (κ3) is 3.80. The molecule has 122 valence electrons. The third-order valence-corrected chi connectivity index (χ3v) is 6.34. The number of nitrogens with zero attached hydrogens (tertiary/aromatic N) is 1. The van der Waals surface area contributed by atoms with Gasteiger partial charge in [-0.15, -0.1) is 0 Å². The summed E-state index contributed by atoms with van der Waals surface area (Å²) in [5.41, 5.74) is 0.0502. The van der Waals surface area contributed by atoms with Crippen LogP contribution in [0, 0.1) is 5.92 Å². The van der Waals surface area contributed by atoms with E-state index in [-0.39, 0.29) is 5.54 Å². The van der Waals surface area contributed by atoms with Gasteiger partial charge in [0.1, 0.15) is 0 Å². The minimum Gasteiger partial charge on any atom is -0.394 e. The predicted octanol–water partition coefficient (Wildman–Crippen LogP) is 2.92. The maximum atomic E-state index is 10.0.